The molecule has 2 aromatic heterocycles. The van der Waals surface area contributed by atoms with E-state index in [1.54, 1.807) is 24.2 Å². The molecule has 1 fully saturated rings. The lowest BCUT2D eigenvalue weighted by Crippen LogP contribution is -2.34. The summed E-state index contributed by atoms with van der Waals surface area (Å²) in [5.74, 6) is 1.80. The van der Waals surface area contributed by atoms with Crippen molar-refractivity contribution in [3.05, 3.63) is 30.9 Å². The number of methoxy groups -OCH3 is 1. The third-order valence-electron chi connectivity index (χ3n) is 5.34. The fraction of sp³-hybridized carbons (Fsp3) is 0.444. The number of aromatic nitrogens is 5. The second kappa shape index (κ2) is 8.06. The van der Waals surface area contributed by atoms with Crippen molar-refractivity contribution in [3.8, 4) is 11.4 Å². The largest absolute Gasteiger partial charge is 0.494 e. The van der Waals surface area contributed by atoms with Gasteiger partial charge in [-0.05, 0) is 37.3 Å². The SMILES string of the molecule is COc1ccc2c(N3CCC(CCP(=O)(O)O)CC3)ncnc2c1-n1ccnn1. The summed E-state index contributed by atoms with van der Waals surface area (Å²) in [7, 11) is -2.33. The van der Waals surface area contributed by atoms with Gasteiger partial charge in [0.25, 0.3) is 0 Å². The van der Waals surface area contributed by atoms with Gasteiger partial charge in [-0.25, -0.2) is 14.6 Å². The molecule has 1 aliphatic rings. The van der Waals surface area contributed by atoms with Crippen molar-refractivity contribution in [2.24, 2.45) is 5.92 Å². The van der Waals surface area contributed by atoms with Crippen LogP contribution in [0.2, 0.25) is 0 Å². The van der Waals surface area contributed by atoms with Gasteiger partial charge < -0.3 is 19.4 Å². The van der Waals surface area contributed by atoms with Crippen LogP contribution in [0.15, 0.2) is 30.9 Å². The fourth-order valence-electron chi connectivity index (χ4n) is 3.83. The van der Waals surface area contributed by atoms with Crippen molar-refractivity contribution in [2.45, 2.75) is 19.3 Å². The topological polar surface area (TPSA) is 126 Å². The van der Waals surface area contributed by atoms with Gasteiger partial charge >= 0.3 is 7.60 Å². The first-order valence-electron chi connectivity index (χ1n) is 9.44. The molecule has 3 heterocycles. The maximum Gasteiger partial charge on any atom is 0.325 e. The van der Waals surface area contributed by atoms with Crippen molar-refractivity contribution in [2.75, 3.05) is 31.3 Å². The summed E-state index contributed by atoms with van der Waals surface area (Å²) in [6.45, 7) is 1.56. The van der Waals surface area contributed by atoms with Gasteiger partial charge in [-0.2, -0.15) is 0 Å². The number of anilines is 1. The van der Waals surface area contributed by atoms with Crippen LogP contribution in [0.1, 0.15) is 19.3 Å². The normalized spacial score (nSPS) is 15.8. The quantitative estimate of drug-likeness (QED) is 0.578. The van der Waals surface area contributed by atoms with Gasteiger partial charge in [0.05, 0.1) is 25.7 Å². The summed E-state index contributed by atoms with van der Waals surface area (Å²) in [5.41, 5.74) is 1.44. The van der Waals surface area contributed by atoms with Crippen LogP contribution >= 0.6 is 7.60 Å². The Morgan fingerprint density at radius 2 is 2.03 bits per heavy atom. The number of ether oxygens (including phenoxy) is 1. The van der Waals surface area contributed by atoms with E-state index >= 15 is 0 Å². The maximum absolute atomic E-state index is 11.1. The predicted octanol–water partition coefficient (Wildman–Crippen LogP) is 2.00. The Hall–Kier alpha value is -2.55. The Kier molecular flexibility index (Phi) is 5.49. The van der Waals surface area contributed by atoms with E-state index in [-0.39, 0.29) is 6.16 Å². The van der Waals surface area contributed by atoms with E-state index in [1.165, 1.54) is 6.33 Å². The van der Waals surface area contributed by atoms with Gasteiger partial charge in [0.1, 0.15) is 29.1 Å². The van der Waals surface area contributed by atoms with Crippen molar-refractivity contribution >= 4 is 24.3 Å². The molecule has 1 aliphatic heterocycles. The highest BCUT2D eigenvalue weighted by molar-refractivity contribution is 7.51. The minimum absolute atomic E-state index is 0.0465. The number of piperidine rings is 1. The molecule has 0 radical (unpaired) electrons. The van der Waals surface area contributed by atoms with Gasteiger partial charge in [-0.1, -0.05) is 5.21 Å². The van der Waals surface area contributed by atoms with Gasteiger partial charge in [0, 0.05) is 18.5 Å². The van der Waals surface area contributed by atoms with E-state index in [2.05, 4.69) is 25.2 Å². The number of rotatable bonds is 6. The zero-order chi connectivity index (χ0) is 20.4. The Labute approximate surface area is 167 Å². The van der Waals surface area contributed by atoms with Crippen LogP contribution in [-0.4, -0.2) is 61.1 Å². The van der Waals surface area contributed by atoms with Crippen LogP contribution in [0, 0.1) is 5.92 Å². The molecule has 29 heavy (non-hydrogen) atoms. The van der Waals surface area contributed by atoms with E-state index in [4.69, 9.17) is 14.5 Å². The lowest BCUT2D eigenvalue weighted by Gasteiger charge is -2.33. The second-order valence-electron chi connectivity index (χ2n) is 7.16. The Morgan fingerprint density at radius 3 is 2.69 bits per heavy atom. The molecule has 11 heteroatoms. The van der Waals surface area contributed by atoms with Crippen molar-refractivity contribution in [1.29, 1.82) is 0 Å². The number of hydrogen-bond acceptors (Lipinski definition) is 7. The van der Waals surface area contributed by atoms with Crippen molar-refractivity contribution < 1.29 is 19.1 Å². The first-order chi connectivity index (χ1) is 14.0. The van der Waals surface area contributed by atoms with Gasteiger partial charge in [-0.15, -0.1) is 5.10 Å². The summed E-state index contributed by atoms with van der Waals surface area (Å²) in [5, 5.41) is 8.87. The third-order valence-corrected chi connectivity index (χ3v) is 6.18. The highest BCUT2D eigenvalue weighted by Gasteiger charge is 2.25. The monoisotopic (exact) mass is 418 g/mol. The molecule has 0 aliphatic carbocycles. The number of nitrogens with zero attached hydrogens (tertiary/aromatic N) is 6. The molecule has 3 aromatic rings. The Balaban J connectivity index is 1.61. The zero-order valence-electron chi connectivity index (χ0n) is 16.0. The molecule has 10 nitrogen and oxygen atoms in total. The summed E-state index contributed by atoms with van der Waals surface area (Å²) >= 11 is 0. The first-order valence-corrected chi connectivity index (χ1v) is 11.2. The van der Waals surface area contributed by atoms with Crippen LogP contribution in [0.5, 0.6) is 5.75 Å². The first kappa shape index (κ1) is 19.8. The van der Waals surface area contributed by atoms with Crippen LogP contribution in [0.4, 0.5) is 5.82 Å². The molecule has 0 unspecified atom stereocenters. The smallest absolute Gasteiger partial charge is 0.325 e. The molecule has 4 rings (SSSR count). The Morgan fingerprint density at radius 1 is 1.24 bits per heavy atom. The van der Waals surface area contributed by atoms with Gasteiger partial charge in [-0.3, -0.25) is 4.57 Å². The third kappa shape index (κ3) is 4.24. The Bertz CT molecular complexity index is 1030. The molecular formula is C18H23N6O4P. The fourth-order valence-corrected chi connectivity index (χ4v) is 4.53. The lowest BCUT2D eigenvalue weighted by molar-refractivity contribution is 0.350. The number of benzene rings is 1. The van der Waals surface area contributed by atoms with E-state index in [1.807, 2.05) is 12.1 Å². The van der Waals surface area contributed by atoms with Crippen LogP contribution < -0.4 is 9.64 Å². The highest BCUT2D eigenvalue weighted by Crippen LogP contribution is 2.39. The standard InChI is InChI=1S/C18H23N6O4P/c1-28-15-3-2-14-16(17(15)24-10-7-21-22-24)19-12-20-18(14)23-8-4-13(5-9-23)6-11-29(25,26)27/h2-3,7,10,12-13H,4-6,8-9,11H2,1H3,(H2,25,26,27). The summed E-state index contributed by atoms with van der Waals surface area (Å²) in [4.78, 5) is 29.4. The zero-order valence-corrected chi connectivity index (χ0v) is 16.9. The van der Waals surface area contributed by atoms with Gasteiger partial charge in [0.15, 0.2) is 0 Å². The number of hydrogen-bond donors (Lipinski definition) is 2. The minimum Gasteiger partial charge on any atom is -0.494 e. The molecular weight excluding hydrogens is 395 g/mol. The van der Waals surface area contributed by atoms with E-state index in [9.17, 15) is 4.57 Å². The molecule has 0 amide bonds. The highest BCUT2D eigenvalue weighted by atomic mass is 31.2. The minimum atomic E-state index is -3.94. The van der Waals surface area contributed by atoms with E-state index < -0.39 is 7.60 Å². The molecule has 2 N–H and O–H groups in total. The van der Waals surface area contributed by atoms with Crippen LogP contribution in [0.3, 0.4) is 0 Å². The van der Waals surface area contributed by atoms with E-state index in [0.29, 0.717) is 23.8 Å². The van der Waals surface area contributed by atoms with Crippen molar-refractivity contribution in [3.63, 3.8) is 0 Å². The molecule has 154 valence electrons. The molecule has 0 atom stereocenters. The van der Waals surface area contributed by atoms with Gasteiger partial charge in [0.2, 0.25) is 0 Å². The summed E-state index contributed by atoms with van der Waals surface area (Å²) in [6, 6.07) is 3.82. The molecule has 0 bridgehead atoms. The predicted molar refractivity (Wildman–Crippen MR) is 107 cm³/mol. The lowest BCUT2D eigenvalue weighted by atomic mass is 9.94. The van der Waals surface area contributed by atoms with Crippen LogP contribution in [-0.2, 0) is 4.57 Å². The summed E-state index contributed by atoms with van der Waals surface area (Å²) < 4.78 is 18.3. The maximum atomic E-state index is 11.1. The summed E-state index contributed by atoms with van der Waals surface area (Å²) in [6.07, 6.45) is 7.13. The number of fused-ring (bicyclic) bond motifs is 1. The average Bonchev–Trinajstić information content (AvgIpc) is 3.25. The average molecular weight is 418 g/mol. The molecule has 1 aromatic carbocycles. The second-order valence-corrected chi connectivity index (χ2v) is 8.94. The molecule has 0 saturated carbocycles. The molecule has 1 saturated heterocycles. The van der Waals surface area contributed by atoms with Crippen LogP contribution in [0.25, 0.3) is 16.6 Å². The van der Waals surface area contributed by atoms with Crippen molar-refractivity contribution in [1.82, 2.24) is 25.0 Å². The van der Waals surface area contributed by atoms with E-state index in [0.717, 1.165) is 42.7 Å². The molecule has 0 spiro atoms.